The lowest BCUT2D eigenvalue weighted by atomic mass is 10.1. The Morgan fingerprint density at radius 2 is 1.72 bits per heavy atom. The number of benzene rings is 2. The molecule has 1 fully saturated rings. The Morgan fingerprint density at radius 3 is 2.38 bits per heavy atom. The molecule has 1 heterocycles. The fourth-order valence-corrected chi connectivity index (χ4v) is 4.79. The highest BCUT2D eigenvalue weighted by Crippen LogP contribution is 2.20. The van der Waals surface area contributed by atoms with E-state index >= 15 is 0 Å². The number of nitrogens with one attached hydrogen (secondary N) is 1. The van der Waals surface area contributed by atoms with Gasteiger partial charge in [-0.3, -0.25) is 9.59 Å². The van der Waals surface area contributed by atoms with E-state index in [1.807, 2.05) is 24.3 Å². The zero-order valence-electron chi connectivity index (χ0n) is 18.4. The number of aryl methyl sites for hydroxylation is 1. The predicted octanol–water partition coefficient (Wildman–Crippen LogP) is 2.26. The van der Waals surface area contributed by atoms with Crippen molar-refractivity contribution in [3.63, 3.8) is 0 Å². The second kappa shape index (κ2) is 10.7. The van der Waals surface area contributed by atoms with Gasteiger partial charge in [0.2, 0.25) is 21.8 Å². The number of rotatable bonds is 8. The molecule has 172 valence electrons. The van der Waals surface area contributed by atoms with Gasteiger partial charge in [-0.2, -0.15) is 4.31 Å². The minimum Gasteiger partial charge on any atom is -0.379 e. The fraction of sp³-hybridized carbons (Fsp3) is 0.391. The highest BCUT2D eigenvalue weighted by atomic mass is 32.2. The van der Waals surface area contributed by atoms with Gasteiger partial charge in [-0.25, -0.2) is 8.42 Å². The minimum atomic E-state index is -3.53. The standard InChI is InChI=1S/C23H29N3O5S/c1-18(27)25(2)17-20-5-3-4-6-22(20)24-23(28)12-9-19-7-10-21(11-8-19)32(29,30)26-13-15-31-16-14-26/h3-8,10-11H,9,12-17H2,1-2H3,(H,24,28). The molecule has 1 aliphatic rings. The molecule has 3 rings (SSSR count). The van der Waals surface area contributed by atoms with Gasteiger partial charge < -0.3 is 15.0 Å². The maximum absolute atomic E-state index is 12.7. The van der Waals surface area contributed by atoms with Crippen molar-refractivity contribution in [2.75, 3.05) is 38.7 Å². The summed E-state index contributed by atoms with van der Waals surface area (Å²) < 4.78 is 32.1. The van der Waals surface area contributed by atoms with Gasteiger partial charge in [0.15, 0.2) is 0 Å². The van der Waals surface area contributed by atoms with Crippen LogP contribution in [-0.4, -0.2) is 62.8 Å². The molecule has 0 saturated carbocycles. The number of sulfonamides is 1. The minimum absolute atomic E-state index is 0.0507. The van der Waals surface area contributed by atoms with Crippen molar-refractivity contribution < 1.29 is 22.7 Å². The van der Waals surface area contributed by atoms with E-state index in [-0.39, 0.29) is 23.1 Å². The molecule has 8 nitrogen and oxygen atoms in total. The smallest absolute Gasteiger partial charge is 0.243 e. The first-order chi connectivity index (χ1) is 15.3. The van der Waals surface area contributed by atoms with Crippen molar-refractivity contribution in [3.05, 3.63) is 59.7 Å². The van der Waals surface area contributed by atoms with E-state index in [1.54, 1.807) is 36.2 Å². The van der Waals surface area contributed by atoms with Crippen LogP contribution >= 0.6 is 0 Å². The van der Waals surface area contributed by atoms with E-state index in [0.29, 0.717) is 45.0 Å². The zero-order valence-corrected chi connectivity index (χ0v) is 19.2. The number of morpholine rings is 1. The van der Waals surface area contributed by atoms with Crippen LogP contribution in [0.25, 0.3) is 0 Å². The summed E-state index contributed by atoms with van der Waals surface area (Å²) in [5.74, 6) is -0.196. The third-order valence-corrected chi connectivity index (χ3v) is 7.32. The summed E-state index contributed by atoms with van der Waals surface area (Å²) >= 11 is 0. The first-order valence-electron chi connectivity index (χ1n) is 10.5. The first kappa shape index (κ1) is 23.9. The molecule has 0 radical (unpaired) electrons. The summed E-state index contributed by atoms with van der Waals surface area (Å²) in [6.07, 6.45) is 0.742. The third-order valence-electron chi connectivity index (χ3n) is 5.41. The molecule has 1 aliphatic heterocycles. The lowest BCUT2D eigenvalue weighted by molar-refractivity contribution is -0.128. The number of hydrogen-bond acceptors (Lipinski definition) is 5. The lowest BCUT2D eigenvalue weighted by Gasteiger charge is -2.26. The first-order valence-corrected chi connectivity index (χ1v) is 12.0. The summed E-state index contributed by atoms with van der Waals surface area (Å²) in [4.78, 5) is 25.8. The van der Waals surface area contributed by atoms with Gasteiger partial charge in [0, 0.05) is 45.7 Å². The number of ether oxygens (including phenoxy) is 1. The summed E-state index contributed by atoms with van der Waals surface area (Å²) in [5, 5.41) is 2.91. The number of para-hydroxylation sites is 1. The van der Waals surface area contributed by atoms with E-state index in [1.165, 1.54) is 11.2 Å². The van der Waals surface area contributed by atoms with Crippen LogP contribution in [0.3, 0.4) is 0 Å². The van der Waals surface area contributed by atoms with Crippen LogP contribution in [0.5, 0.6) is 0 Å². The molecule has 9 heteroatoms. The van der Waals surface area contributed by atoms with Crippen molar-refractivity contribution >= 4 is 27.5 Å². The Bertz CT molecular complexity index is 1050. The number of nitrogens with zero attached hydrogens (tertiary/aromatic N) is 2. The van der Waals surface area contributed by atoms with Gasteiger partial charge in [-0.05, 0) is 35.7 Å². The molecule has 0 aromatic heterocycles. The van der Waals surface area contributed by atoms with Crippen molar-refractivity contribution in [1.82, 2.24) is 9.21 Å². The summed E-state index contributed by atoms with van der Waals surface area (Å²) in [5.41, 5.74) is 2.42. The maximum Gasteiger partial charge on any atom is 0.243 e. The topological polar surface area (TPSA) is 96.0 Å². The van der Waals surface area contributed by atoms with E-state index in [2.05, 4.69) is 5.32 Å². The number of hydrogen-bond donors (Lipinski definition) is 1. The highest BCUT2D eigenvalue weighted by molar-refractivity contribution is 7.89. The Kier molecular flexibility index (Phi) is 8.00. The summed E-state index contributed by atoms with van der Waals surface area (Å²) in [7, 11) is -1.81. The van der Waals surface area contributed by atoms with Crippen molar-refractivity contribution in [3.8, 4) is 0 Å². The second-order valence-electron chi connectivity index (χ2n) is 7.74. The van der Waals surface area contributed by atoms with Gasteiger partial charge in [-0.1, -0.05) is 30.3 Å². The molecule has 0 unspecified atom stereocenters. The van der Waals surface area contributed by atoms with Crippen LogP contribution < -0.4 is 5.32 Å². The van der Waals surface area contributed by atoms with Gasteiger partial charge >= 0.3 is 0 Å². The average Bonchev–Trinajstić information content (AvgIpc) is 2.79. The van der Waals surface area contributed by atoms with Crippen LogP contribution in [-0.2, 0) is 37.3 Å². The Labute approximate surface area is 189 Å². The van der Waals surface area contributed by atoms with Gasteiger partial charge in [0.05, 0.1) is 18.1 Å². The molecule has 0 bridgehead atoms. The van der Waals surface area contributed by atoms with Crippen LogP contribution in [0.4, 0.5) is 5.69 Å². The van der Waals surface area contributed by atoms with Gasteiger partial charge in [0.25, 0.3) is 0 Å². The maximum atomic E-state index is 12.7. The molecule has 2 amide bonds. The van der Waals surface area contributed by atoms with E-state index in [4.69, 9.17) is 4.74 Å². The van der Waals surface area contributed by atoms with Crippen molar-refractivity contribution in [2.24, 2.45) is 0 Å². The monoisotopic (exact) mass is 459 g/mol. The predicted molar refractivity (Wildman–Crippen MR) is 122 cm³/mol. The SMILES string of the molecule is CC(=O)N(C)Cc1ccccc1NC(=O)CCc1ccc(S(=O)(=O)N2CCOCC2)cc1. The molecule has 2 aromatic carbocycles. The molecule has 0 aliphatic carbocycles. The fourth-order valence-electron chi connectivity index (χ4n) is 3.38. The highest BCUT2D eigenvalue weighted by Gasteiger charge is 2.26. The molecule has 2 aromatic rings. The molecule has 32 heavy (non-hydrogen) atoms. The normalized spacial score (nSPS) is 14.7. The van der Waals surface area contributed by atoms with Gasteiger partial charge in [-0.15, -0.1) is 0 Å². The van der Waals surface area contributed by atoms with Crippen LogP contribution in [0.15, 0.2) is 53.4 Å². The molecule has 0 spiro atoms. The number of anilines is 1. The van der Waals surface area contributed by atoms with E-state index < -0.39 is 10.0 Å². The lowest BCUT2D eigenvalue weighted by Crippen LogP contribution is -2.40. The number of carbonyl (C=O) groups is 2. The largest absolute Gasteiger partial charge is 0.379 e. The Balaban J connectivity index is 1.57. The molecule has 1 saturated heterocycles. The van der Waals surface area contributed by atoms with Crippen molar-refractivity contribution in [2.45, 2.75) is 31.2 Å². The molecular weight excluding hydrogens is 430 g/mol. The van der Waals surface area contributed by atoms with Crippen molar-refractivity contribution in [1.29, 1.82) is 0 Å². The van der Waals surface area contributed by atoms with E-state index in [0.717, 1.165) is 11.1 Å². The quantitative estimate of drug-likeness (QED) is 0.653. The van der Waals surface area contributed by atoms with Gasteiger partial charge in [0.1, 0.15) is 0 Å². The Hall–Kier alpha value is -2.75. The zero-order chi connectivity index (χ0) is 23.1. The van der Waals surface area contributed by atoms with E-state index in [9.17, 15) is 18.0 Å². The number of carbonyl (C=O) groups excluding carboxylic acids is 2. The molecule has 0 atom stereocenters. The molecule has 1 N–H and O–H groups in total. The Morgan fingerprint density at radius 1 is 1.06 bits per heavy atom. The average molecular weight is 460 g/mol. The molecular formula is C23H29N3O5S. The third kappa shape index (κ3) is 6.15. The number of amides is 2. The summed E-state index contributed by atoms with van der Waals surface area (Å²) in [6, 6.07) is 14.1. The van der Waals surface area contributed by atoms with Crippen LogP contribution in [0.2, 0.25) is 0 Å². The van der Waals surface area contributed by atoms with Crippen LogP contribution in [0.1, 0.15) is 24.5 Å². The summed E-state index contributed by atoms with van der Waals surface area (Å²) in [6.45, 7) is 3.42. The van der Waals surface area contributed by atoms with Crippen LogP contribution in [0, 0.1) is 0 Å². The second-order valence-corrected chi connectivity index (χ2v) is 9.68.